The topological polar surface area (TPSA) is 133 Å². The largest absolute Gasteiger partial charge is 0.478 e. The van der Waals surface area contributed by atoms with Crippen LogP contribution < -0.4 is 16.5 Å². The first-order valence-electron chi connectivity index (χ1n) is 10.9. The van der Waals surface area contributed by atoms with E-state index < -0.39 is 5.97 Å². The summed E-state index contributed by atoms with van der Waals surface area (Å²) >= 11 is 0. The zero-order valence-corrected chi connectivity index (χ0v) is 18.2. The number of carboxylic acid groups (broad SMARTS) is 1. The van der Waals surface area contributed by atoms with E-state index in [1.54, 1.807) is 36.4 Å². The number of piperazine rings is 1. The molecule has 1 saturated heterocycles. The summed E-state index contributed by atoms with van der Waals surface area (Å²) in [6.45, 7) is 4.59. The smallest absolute Gasteiger partial charge is 0.335 e. The van der Waals surface area contributed by atoms with Crippen LogP contribution in [-0.4, -0.2) is 71.8 Å². The van der Waals surface area contributed by atoms with Crippen molar-refractivity contribution in [2.45, 2.75) is 6.42 Å². The quantitative estimate of drug-likeness (QED) is 0.423. The minimum absolute atomic E-state index is 0.0633. The highest BCUT2D eigenvalue weighted by Gasteiger charge is 2.33. The molecule has 5 N–H and O–H groups in total. The van der Waals surface area contributed by atoms with Crippen molar-refractivity contribution in [2.75, 3.05) is 44.2 Å². The van der Waals surface area contributed by atoms with Crippen molar-refractivity contribution in [2.24, 2.45) is 11.6 Å². The summed E-state index contributed by atoms with van der Waals surface area (Å²) in [7, 11) is 0. The molecule has 0 aromatic heterocycles. The molecule has 1 aliphatic carbocycles. The number of Topliss-reactive ketones (excluding diaryl/α,β-unsaturated/α-hetero) is 2. The van der Waals surface area contributed by atoms with Gasteiger partial charge in [-0.25, -0.2) is 10.6 Å². The van der Waals surface area contributed by atoms with Gasteiger partial charge in [-0.05, 0) is 30.7 Å². The van der Waals surface area contributed by atoms with E-state index in [4.69, 9.17) is 16.7 Å². The van der Waals surface area contributed by atoms with Crippen molar-refractivity contribution in [3.05, 3.63) is 76.6 Å². The number of benzene rings is 2. The molecule has 0 atom stereocenters. The minimum atomic E-state index is -0.929. The van der Waals surface area contributed by atoms with Gasteiger partial charge in [0, 0.05) is 56.1 Å². The van der Waals surface area contributed by atoms with E-state index in [0.29, 0.717) is 24.1 Å². The molecule has 2 aromatic rings. The standard InChI is InChI=1S/C24H27N5O4/c25-20-21(23(31)19-5-2-1-4-18(19)22(20)30)29(26)11-3-10-27-12-14-28(15-13-27)17-8-6-16(7-9-17)24(32)33/h1-2,4-9H,3,10-15,25-26H2,(H,32,33). The summed E-state index contributed by atoms with van der Waals surface area (Å²) in [5.41, 5.74) is 7.86. The number of ketones is 2. The molecule has 9 heteroatoms. The third kappa shape index (κ3) is 4.59. The average molecular weight is 450 g/mol. The second-order valence-electron chi connectivity index (χ2n) is 8.19. The molecule has 1 aliphatic heterocycles. The summed E-state index contributed by atoms with van der Waals surface area (Å²) in [4.78, 5) is 40.9. The Morgan fingerprint density at radius 1 is 0.939 bits per heavy atom. The average Bonchev–Trinajstić information content (AvgIpc) is 2.83. The van der Waals surface area contributed by atoms with Gasteiger partial charge in [-0.3, -0.25) is 14.5 Å². The predicted molar refractivity (Wildman–Crippen MR) is 124 cm³/mol. The van der Waals surface area contributed by atoms with Gasteiger partial charge in [0.2, 0.25) is 11.6 Å². The van der Waals surface area contributed by atoms with Crippen LogP contribution in [0.5, 0.6) is 0 Å². The van der Waals surface area contributed by atoms with Crippen LogP contribution in [-0.2, 0) is 0 Å². The number of anilines is 1. The monoisotopic (exact) mass is 449 g/mol. The van der Waals surface area contributed by atoms with Gasteiger partial charge in [0.15, 0.2) is 0 Å². The van der Waals surface area contributed by atoms with Crippen LogP contribution in [0.25, 0.3) is 0 Å². The van der Waals surface area contributed by atoms with Gasteiger partial charge in [-0.15, -0.1) is 0 Å². The number of allylic oxidation sites excluding steroid dienone is 2. The summed E-state index contributed by atoms with van der Waals surface area (Å²) in [5, 5.41) is 10.3. The third-order valence-electron chi connectivity index (χ3n) is 6.14. The summed E-state index contributed by atoms with van der Waals surface area (Å²) in [6, 6.07) is 13.5. The maximum Gasteiger partial charge on any atom is 0.335 e. The molecular formula is C24H27N5O4. The second kappa shape index (κ2) is 9.43. The van der Waals surface area contributed by atoms with Gasteiger partial charge in [0.1, 0.15) is 11.4 Å². The highest BCUT2D eigenvalue weighted by molar-refractivity contribution is 6.26. The normalized spacial score (nSPS) is 16.7. The number of nitrogens with zero attached hydrogens (tertiary/aromatic N) is 3. The van der Waals surface area contributed by atoms with Crippen LogP contribution in [0, 0.1) is 0 Å². The van der Waals surface area contributed by atoms with Crippen molar-refractivity contribution in [1.82, 2.24) is 9.91 Å². The molecule has 0 amide bonds. The maximum atomic E-state index is 12.8. The summed E-state index contributed by atoms with van der Waals surface area (Å²) < 4.78 is 0. The number of carboxylic acids is 1. The Bertz CT molecular complexity index is 1100. The van der Waals surface area contributed by atoms with Crippen LogP contribution in [0.3, 0.4) is 0 Å². The number of hydrogen-bond donors (Lipinski definition) is 3. The Morgan fingerprint density at radius 2 is 1.55 bits per heavy atom. The molecule has 172 valence electrons. The van der Waals surface area contributed by atoms with Gasteiger partial charge >= 0.3 is 5.97 Å². The van der Waals surface area contributed by atoms with Crippen molar-refractivity contribution < 1.29 is 19.5 Å². The van der Waals surface area contributed by atoms with E-state index in [1.165, 1.54) is 5.01 Å². The highest BCUT2D eigenvalue weighted by atomic mass is 16.4. The van der Waals surface area contributed by atoms with Crippen molar-refractivity contribution in [3.8, 4) is 0 Å². The molecule has 2 aliphatic rings. The Labute approximate surface area is 191 Å². The first kappa shape index (κ1) is 22.5. The van der Waals surface area contributed by atoms with Crippen LogP contribution in [0.4, 0.5) is 5.69 Å². The van der Waals surface area contributed by atoms with E-state index in [0.717, 1.165) is 38.4 Å². The number of fused-ring (bicyclic) bond motifs is 1. The van der Waals surface area contributed by atoms with E-state index >= 15 is 0 Å². The van der Waals surface area contributed by atoms with Gasteiger partial charge in [-0.2, -0.15) is 0 Å². The SMILES string of the molecule is NC1=C(N(N)CCCN2CCN(c3ccc(C(=O)O)cc3)CC2)C(=O)c2ccccc2C1=O. The van der Waals surface area contributed by atoms with Gasteiger partial charge in [0.05, 0.1) is 5.56 Å². The molecule has 33 heavy (non-hydrogen) atoms. The predicted octanol–water partition coefficient (Wildman–Crippen LogP) is 1.32. The molecule has 4 rings (SSSR count). The Kier molecular flexibility index (Phi) is 6.43. The molecule has 0 radical (unpaired) electrons. The number of carbonyl (C=O) groups excluding carboxylic acids is 2. The molecule has 9 nitrogen and oxygen atoms in total. The zero-order valence-electron chi connectivity index (χ0n) is 18.2. The van der Waals surface area contributed by atoms with Crippen LogP contribution in [0.2, 0.25) is 0 Å². The zero-order chi connectivity index (χ0) is 23.5. The minimum Gasteiger partial charge on any atom is -0.478 e. The number of hydrogen-bond acceptors (Lipinski definition) is 8. The van der Waals surface area contributed by atoms with Crippen molar-refractivity contribution >= 4 is 23.2 Å². The molecule has 1 heterocycles. The molecule has 1 fully saturated rings. The number of carbonyl (C=O) groups is 3. The molecule has 0 unspecified atom stereocenters. The Hall–Kier alpha value is -3.69. The maximum absolute atomic E-state index is 12.8. The lowest BCUT2D eigenvalue weighted by molar-refractivity contribution is 0.0696. The molecule has 2 aromatic carbocycles. The lowest BCUT2D eigenvalue weighted by Gasteiger charge is -2.36. The van der Waals surface area contributed by atoms with Gasteiger partial charge < -0.3 is 20.7 Å². The van der Waals surface area contributed by atoms with Crippen molar-refractivity contribution in [3.63, 3.8) is 0 Å². The van der Waals surface area contributed by atoms with E-state index in [1.807, 2.05) is 12.1 Å². The van der Waals surface area contributed by atoms with Crippen LogP contribution in [0.1, 0.15) is 37.5 Å². The highest BCUT2D eigenvalue weighted by Crippen LogP contribution is 2.25. The first-order chi connectivity index (χ1) is 15.9. The van der Waals surface area contributed by atoms with Crippen LogP contribution in [0.15, 0.2) is 59.9 Å². The fraction of sp³-hybridized carbons (Fsp3) is 0.292. The van der Waals surface area contributed by atoms with Gasteiger partial charge in [-0.1, -0.05) is 24.3 Å². The lowest BCUT2D eigenvalue weighted by atomic mass is 9.90. The molecular weight excluding hydrogens is 422 g/mol. The second-order valence-corrected chi connectivity index (χ2v) is 8.19. The molecule has 0 bridgehead atoms. The summed E-state index contributed by atoms with van der Waals surface area (Å²) in [5.74, 6) is 4.52. The Balaban J connectivity index is 1.28. The van der Waals surface area contributed by atoms with Crippen LogP contribution >= 0.6 is 0 Å². The number of rotatable bonds is 7. The lowest BCUT2D eigenvalue weighted by Crippen LogP contribution is -2.47. The van der Waals surface area contributed by atoms with Crippen molar-refractivity contribution in [1.29, 1.82) is 0 Å². The summed E-state index contributed by atoms with van der Waals surface area (Å²) in [6.07, 6.45) is 0.712. The number of nitrogens with two attached hydrogens (primary N) is 2. The third-order valence-corrected chi connectivity index (χ3v) is 6.14. The van der Waals surface area contributed by atoms with E-state index in [2.05, 4.69) is 9.80 Å². The fourth-order valence-electron chi connectivity index (χ4n) is 4.29. The molecule has 0 saturated carbocycles. The van der Waals surface area contributed by atoms with E-state index in [-0.39, 0.29) is 28.5 Å². The Morgan fingerprint density at radius 3 is 2.15 bits per heavy atom. The first-order valence-corrected chi connectivity index (χ1v) is 10.9. The van der Waals surface area contributed by atoms with Gasteiger partial charge in [0.25, 0.3) is 0 Å². The van der Waals surface area contributed by atoms with E-state index in [9.17, 15) is 14.4 Å². The number of hydrazine groups is 1. The number of aromatic carboxylic acids is 1. The molecule has 0 spiro atoms. The fourth-order valence-corrected chi connectivity index (χ4v) is 4.29.